The number of hydrogen-bond donors (Lipinski definition) is 0. The van der Waals surface area contributed by atoms with E-state index in [4.69, 9.17) is 4.74 Å². The molecule has 0 aliphatic rings. The van der Waals surface area contributed by atoms with Gasteiger partial charge in [-0.25, -0.2) is 9.78 Å². The number of carbonyl (C=O) groups excluding carboxylic acids is 1. The minimum atomic E-state index is -0.373. The third-order valence-electron chi connectivity index (χ3n) is 3.12. The first kappa shape index (κ1) is 13.8. The number of halogens is 1. The molecule has 0 bridgehead atoms. The van der Waals surface area contributed by atoms with E-state index in [1.165, 1.54) is 0 Å². The molecule has 0 N–H and O–H groups in total. The topological polar surface area (TPSA) is 43.6 Å². The van der Waals surface area contributed by atoms with Crippen LogP contribution in [-0.4, -0.2) is 22.0 Å². The summed E-state index contributed by atoms with van der Waals surface area (Å²) in [7, 11) is 0. The maximum absolute atomic E-state index is 12.3. The Bertz CT molecular complexity index is 797. The van der Waals surface area contributed by atoms with Gasteiger partial charge in [0.15, 0.2) is 11.3 Å². The van der Waals surface area contributed by atoms with Crippen molar-refractivity contribution in [2.45, 2.75) is 6.92 Å². The molecule has 0 atom stereocenters. The number of imidazole rings is 1. The Morgan fingerprint density at radius 3 is 2.71 bits per heavy atom. The molecule has 0 aliphatic carbocycles. The van der Waals surface area contributed by atoms with Crippen molar-refractivity contribution in [3.63, 3.8) is 0 Å². The lowest BCUT2D eigenvalue weighted by atomic mass is 10.1. The van der Waals surface area contributed by atoms with Gasteiger partial charge in [0.05, 0.1) is 11.1 Å². The van der Waals surface area contributed by atoms with E-state index in [0.29, 0.717) is 23.6 Å². The summed E-state index contributed by atoms with van der Waals surface area (Å²) in [6.45, 7) is 2.12. The first-order valence-electron chi connectivity index (χ1n) is 6.61. The van der Waals surface area contributed by atoms with Gasteiger partial charge in [0, 0.05) is 11.8 Å². The molecule has 3 rings (SSSR count). The zero-order valence-corrected chi connectivity index (χ0v) is 13.0. The van der Waals surface area contributed by atoms with Crippen molar-refractivity contribution in [1.29, 1.82) is 0 Å². The van der Waals surface area contributed by atoms with Crippen LogP contribution >= 0.6 is 15.9 Å². The second-order valence-electron chi connectivity index (χ2n) is 4.45. The van der Waals surface area contributed by atoms with Crippen LogP contribution in [0.4, 0.5) is 0 Å². The molecule has 21 heavy (non-hydrogen) atoms. The van der Waals surface area contributed by atoms with Crippen LogP contribution in [0.25, 0.3) is 16.9 Å². The predicted molar refractivity (Wildman–Crippen MR) is 84.3 cm³/mol. The summed E-state index contributed by atoms with van der Waals surface area (Å²) in [4.78, 5) is 16.9. The van der Waals surface area contributed by atoms with E-state index in [-0.39, 0.29) is 5.97 Å². The summed E-state index contributed by atoms with van der Waals surface area (Å²) in [6, 6.07) is 13.4. The van der Waals surface area contributed by atoms with E-state index >= 15 is 0 Å². The molecule has 2 heterocycles. The molecule has 0 radical (unpaired) electrons. The standard InChI is InChI=1S/C16H13BrN2O2/c1-2-21-16(20)14-13(11-7-4-3-5-8-11)18-15-12(17)9-6-10-19(14)15/h3-10H,2H2,1H3. The molecule has 0 saturated heterocycles. The Morgan fingerprint density at radius 2 is 2.00 bits per heavy atom. The van der Waals surface area contributed by atoms with Gasteiger partial charge >= 0.3 is 5.97 Å². The maximum atomic E-state index is 12.3. The summed E-state index contributed by atoms with van der Waals surface area (Å²) in [5.41, 5.74) is 2.65. The summed E-state index contributed by atoms with van der Waals surface area (Å²) in [6.07, 6.45) is 1.81. The fourth-order valence-corrected chi connectivity index (χ4v) is 2.66. The predicted octanol–water partition coefficient (Wildman–Crippen LogP) is 3.94. The lowest BCUT2D eigenvalue weighted by Gasteiger charge is -2.04. The number of ether oxygens (including phenoxy) is 1. The Balaban J connectivity index is 2.30. The molecule has 0 spiro atoms. The fourth-order valence-electron chi connectivity index (χ4n) is 2.23. The van der Waals surface area contributed by atoms with Crippen LogP contribution in [0.15, 0.2) is 53.1 Å². The number of nitrogens with zero attached hydrogens (tertiary/aromatic N) is 2. The number of hydrogen-bond acceptors (Lipinski definition) is 3. The highest BCUT2D eigenvalue weighted by Crippen LogP contribution is 2.28. The summed E-state index contributed by atoms with van der Waals surface area (Å²) in [5.74, 6) is -0.373. The SMILES string of the molecule is CCOC(=O)c1c(-c2ccccc2)nc2c(Br)cccn12. The molecular formula is C16H13BrN2O2. The van der Waals surface area contributed by atoms with Crippen molar-refractivity contribution in [1.82, 2.24) is 9.38 Å². The fraction of sp³-hybridized carbons (Fsp3) is 0.125. The molecule has 0 fully saturated rings. The van der Waals surface area contributed by atoms with E-state index in [1.54, 1.807) is 11.3 Å². The van der Waals surface area contributed by atoms with Gasteiger partial charge in [-0.3, -0.25) is 4.40 Å². The minimum Gasteiger partial charge on any atom is -0.461 e. The van der Waals surface area contributed by atoms with Gasteiger partial charge in [0.25, 0.3) is 0 Å². The Morgan fingerprint density at radius 1 is 1.24 bits per heavy atom. The van der Waals surface area contributed by atoms with Crippen molar-refractivity contribution < 1.29 is 9.53 Å². The van der Waals surface area contributed by atoms with Crippen molar-refractivity contribution in [3.05, 3.63) is 58.8 Å². The van der Waals surface area contributed by atoms with Gasteiger partial charge in [0.1, 0.15) is 5.69 Å². The quantitative estimate of drug-likeness (QED) is 0.676. The van der Waals surface area contributed by atoms with Gasteiger partial charge in [-0.15, -0.1) is 0 Å². The molecule has 0 amide bonds. The normalized spacial score (nSPS) is 10.8. The first-order chi connectivity index (χ1) is 10.2. The molecule has 2 aromatic heterocycles. The number of aromatic nitrogens is 2. The zero-order chi connectivity index (χ0) is 14.8. The van der Waals surface area contributed by atoms with Gasteiger partial charge in [-0.2, -0.15) is 0 Å². The lowest BCUT2D eigenvalue weighted by molar-refractivity contribution is 0.0519. The summed E-state index contributed by atoms with van der Waals surface area (Å²) >= 11 is 3.47. The van der Waals surface area contributed by atoms with Crippen molar-refractivity contribution in [3.8, 4) is 11.3 Å². The van der Waals surface area contributed by atoms with E-state index < -0.39 is 0 Å². The molecule has 0 aliphatic heterocycles. The molecular weight excluding hydrogens is 332 g/mol. The number of rotatable bonds is 3. The highest BCUT2D eigenvalue weighted by molar-refractivity contribution is 9.10. The maximum Gasteiger partial charge on any atom is 0.357 e. The third kappa shape index (κ3) is 2.45. The summed E-state index contributed by atoms with van der Waals surface area (Å²) < 4.78 is 7.77. The van der Waals surface area contributed by atoms with Crippen LogP contribution in [0.3, 0.4) is 0 Å². The van der Waals surface area contributed by atoms with Crippen LogP contribution in [0.5, 0.6) is 0 Å². The van der Waals surface area contributed by atoms with Crippen LogP contribution in [0.1, 0.15) is 17.4 Å². The lowest BCUT2D eigenvalue weighted by Crippen LogP contribution is -2.09. The van der Waals surface area contributed by atoms with E-state index in [1.807, 2.05) is 48.7 Å². The first-order valence-corrected chi connectivity index (χ1v) is 7.40. The Labute approximate surface area is 130 Å². The van der Waals surface area contributed by atoms with Gasteiger partial charge in [-0.05, 0) is 35.0 Å². The minimum absolute atomic E-state index is 0.328. The number of esters is 1. The highest BCUT2D eigenvalue weighted by atomic mass is 79.9. The van der Waals surface area contributed by atoms with Gasteiger partial charge < -0.3 is 4.74 Å². The van der Waals surface area contributed by atoms with Gasteiger partial charge in [0.2, 0.25) is 0 Å². The third-order valence-corrected chi connectivity index (χ3v) is 3.74. The number of pyridine rings is 1. The Hall–Kier alpha value is -2.14. The van der Waals surface area contributed by atoms with Crippen molar-refractivity contribution in [2.75, 3.05) is 6.61 Å². The molecule has 3 aromatic rings. The molecule has 106 valence electrons. The molecule has 0 unspecified atom stereocenters. The largest absolute Gasteiger partial charge is 0.461 e. The van der Waals surface area contributed by atoms with E-state index in [9.17, 15) is 4.79 Å². The average molecular weight is 345 g/mol. The van der Waals surface area contributed by atoms with Crippen LogP contribution in [-0.2, 0) is 4.74 Å². The van der Waals surface area contributed by atoms with E-state index in [0.717, 1.165) is 10.0 Å². The smallest absolute Gasteiger partial charge is 0.357 e. The summed E-state index contributed by atoms with van der Waals surface area (Å²) in [5, 5.41) is 0. The van der Waals surface area contributed by atoms with Crippen molar-refractivity contribution in [2.24, 2.45) is 0 Å². The molecule has 4 nitrogen and oxygen atoms in total. The average Bonchev–Trinajstić information content (AvgIpc) is 2.89. The highest BCUT2D eigenvalue weighted by Gasteiger charge is 2.22. The number of benzene rings is 1. The molecule has 1 aromatic carbocycles. The number of carbonyl (C=O) groups is 1. The van der Waals surface area contributed by atoms with Crippen LogP contribution in [0, 0.1) is 0 Å². The molecule has 0 saturated carbocycles. The second-order valence-corrected chi connectivity index (χ2v) is 5.30. The second kappa shape index (κ2) is 5.69. The Kier molecular flexibility index (Phi) is 3.75. The monoisotopic (exact) mass is 344 g/mol. The zero-order valence-electron chi connectivity index (χ0n) is 11.4. The van der Waals surface area contributed by atoms with E-state index in [2.05, 4.69) is 20.9 Å². The van der Waals surface area contributed by atoms with Crippen LogP contribution < -0.4 is 0 Å². The van der Waals surface area contributed by atoms with Gasteiger partial charge in [-0.1, -0.05) is 30.3 Å². The van der Waals surface area contributed by atoms with Crippen molar-refractivity contribution >= 4 is 27.5 Å². The molecule has 5 heteroatoms. The van der Waals surface area contributed by atoms with Crippen LogP contribution in [0.2, 0.25) is 0 Å². The number of fused-ring (bicyclic) bond motifs is 1.